The Morgan fingerprint density at radius 3 is 2.35 bits per heavy atom. The molecular formula is C29H35Cl2N5O. The summed E-state index contributed by atoms with van der Waals surface area (Å²) in [5, 5.41) is 1.54. The molecule has 37 heavy (non-hydrogen) atoms. The summed E-state index contributed by atoms with van der Waals surface area (Å²) in [6.07, 6.45) is 0. The summed E-state index contributed by atoms with van der Waals surface area (Å²) in [5.41, 5.74) is 5.37. The maximum absolute atomic E-state index is 13.7. The Kier molecular flexibility index (Phi) is 7.70. The van der Waals surface area contributed by atoms with Gasteiger partial charge in [-0.2, -0.15) is 0 Å². The van der Waals surface area contributed by atoms with Crippen molar-refractivity contribution in [3.05, 3.63) is 81.6 Å². The van der Waals surface area contributed by atoms with E-state index in [0.29, 0.717) is 6.54 Å². The minimum absolute atomic E-state index is 0.108. The van der Waals surface area contributed by atoms with Crippen molar-refractivity contribution in [3.8, 4) is 0 Å². The summed E-state index contributed by atoms with van der Waals surface area (Å²) in [6.45, 7) is 11.2. The third-order valence-corrected chi connectivity index (χ3v) is 8.44. The van der Waals surface area contributed by atoms with Crippen LogP contribution in [-0.2, 0) is 13.6 Å². The van der Waals surface area contributed by atoms with Crippen molar-refractivity contribution in [1.82, 2.24) is 14.4 Å². The first-order valence-corrected chi connectivity index (χ1v) is 13.8. The molecular weight excluding hydrogens is 505 g/mol. The first kappa shape index (κ1) is 26.0. The van der Waals surface area contributed by atoms with Crippen molar-refractivity contribution in [2.24, 2.45) is 7.05 Å². The van der Waals surface area contributed by atoms with Crippen LogP contribution in [0.25, 0.3) is 0 Å². The second kappa shape index (κ2) is 11.0. The number of para-hydroxylation sites is 1. The minimum atomic E-state index is 0.108. The second-order valence-corrected chi connectivity index (χ2v) is 11.0. The number of amides is 1. The van der Waals surface area contributed by atoms with Crippen molar-refractivity contribution in [2.75, 3.05) is 55.6 Å². The average Bonchev–Trinajstić information content (AvgIpc) is 3.17. The number of carbonyl (C=O) groups is 1. The first-order chi connectivity index (χ1) is 17.8. The van der Waals surface area contributed by atoms with Crippen LogP contribution in [0.5, 0.6) is 0 Å². The molecule has 3 aromatic rings. The van der Waals surface area contributed by atoms with E-state index in [0.717, 1.165) is 78.6 Å². The van der Waals surface area contributed by atoms with Crippen LogP contribution in [0.2, 0.25) is 10.0 Å². The molecule has 6 nitrogen and oxygen atoms in total. The van der Waals surface area contributed by atoms with Gasteiger partial charge in [-0.05, 0) is 55.8 Å². The Bertz CT molecular complexity index is 1270. The molecule has 2 aliphatic rings. The lowest BCUT2D eigenvalue weighted by Crippen LogP contribution is -2.54. The van der Waals surface area contributed by atoms with Gasteiger partial charge in [-0.1, -0.05) is 41.4 Å². The van der Waals surface area contributed by atoms with Gasteiger partial charge in [-0.25, -0.2) is 0 Å². The van der Waals surface area contributed by atoms with Gasteiger partial charge in [0.15, 0.2) is 0 Å². The molecule has 0 N–H and O–H groups in total. The maximum atomic E-state index is 13.7. The molecule has 2 fully saturated rings. The minimum Gasteiger partial charge on any atom is -0.368 e. The molecule has 8 heteroatoms. The highest BCUT2D eigenvalue weighted by molar-refractivity contribution is 6.33. The molecule has 0 spiro atoms. The summed E-state index contributed by atoms with van der Waals surface area (Å²) in [6, 6.07) is 18.2. The smallest absolute Gasteiger partial charge is 0.270 e. The van der Waals surface area contributed by atoms with Crippen LogP contribution in [0, 0.1) is 6.92 Å². The van der Waals surface area contributed by atoms with Crippen LogP contribution < -0.4 is 9.80 Å². The molecule has 1 amide bonds. The lowest BCUT2D eigenvalue weighted by Gasteiger charge is -2.41. The summed E-state index contributed by atoms with van der Waals surface area (Å²) >= 11 is 12.6. The Morgan fingerprint density at radius 1 is 0.919 bits per heavy atom. The van der Waals surface area contributed by atoms with Crippen molar-refractivity contribution in [1.29, 1.82) is 0 Å². The van der Waals surface area contributed by atoms with Gasteiger partial charge >= 0.3 is 0 Å². The lowest BCUT2D eigenvalue weighted by atomic mass is 10.1. The van der Waals surface area contributed by atoms with Crippen molar-refractivity contribution in [3.63, 3.8) is 0 Å². The number of halogens is 2. The van der Waals surface area contributed by atoms with E-state index in [1.807, 2.05) is 48.3 Å². The predicted octanol–water partition coefficient (Wildman–Crippen LogP) is 5.31. The summed E-state index contributed by atoms with van der Waals surface area (Å²) in [5.74, 6) is 0.110. The number of carbonyl (C=O) groups excluding carboxylic acids is 1. The van der Waals surface area contributed by atoms with Gasteiger partial charge < -0.3 is 19.3 Å². The average molecular weight is 541 g/mol. The van der Waals surface area contributed by atoms with Crippen LogP contribution in [0.1, 0.15) is 28.7 Å². The molecule has 0 bridgehead atoms. The third-order valence-electron chi connectivity index (χ3n) is 7.88. The van der Waals surface area contributed by atoms with E-state index < -0.39 is 0 Å². The Labute approximate surface area is 230 Å². The van der Waals surface area contributed by atoms with E-state index in [4.69, 9.17) is 23.2 Å². The summed E-state index contributed by atoms with van der Waals surface area (Å²) < 4.78 is 2.06. The SMILES string of the molecule is Cc1c(CN2CCN(c3ccccc3Cl)CC2)cc(C(=O)N2CCN(c3cccc(Cl)c3)CC2C)n1C. The third kappa shape index (κ3) is 5.47. The largest absolute Gasteiger partial charge is 0.368 e. The molecule has 0 aliphatic carbocycles. The van der Waals surface area contributed by atoms with Crippen LogP contribution in [-0.4, -0.2) is 72.1 Å². The fraction of sp³-hybridized carbons (Fsp3) is 0.414. The Hall–Kier alpha value is -2.67. The number of rotatable bonds is 5. The zero-order valence-electron chi connectivity index (χ0n) is 21.8. The summed E-state index contributed by atoms with van der Waals surface area (Å²) in [4.78, 5) is 22.8. The topological polar surface area (TPSA) is 35.0 Å². The highest BCUT2D eigenvalue weighted by atomic mass is 35.5. The van der Waals surface area contributed by atoms with E-state index in [1.165, 1.54) is 5.56 Å². The number of aromatic nitrogens is 1. The molecule has 196 valence electrons. The number of nitrogens with zero attached hydrogens (tertiary/aromatic N) is 5. The van der Waals surface area contributed by atoms with Crippen LogP contribution in [0.4, 0.5) is 11.4 Å². The molecule has 1 atom stereocenters. The molecule has 1 unspecified atom stereocenters. The van der Waals surface area contributed by atoms with Gasteiger partial charge in [0, 0.05) is 81.9 Å². The van der Waals surface area contributed by atoms with Crippen LogP contribution in [0.3, 0.4) is 0 Å². The van der Waals surface area contributed by atoms with E-state index in [-0.39, 0.29) is 11.9 Å². The van der Waals surface area contributed by atoms with Gasteiger partial charge in [-0.3, -0.25) is 9.69 Å². The summed E-state index contributed by atoms with van der Waals surface area (Å²) in [7, 11) is 2.01. The van der Waals surface area contributed by atoms with Crippen molar-refractivity contribution < 1.29 is 4.79 Å². The van der Waals surface area contributed by atoms with Crippen molar-refractivity contribution in [2.45, 2.75) is 26.4 Å². The van der Waals surface area contributed by atoms with Gasteiger partial charge in [0.25, 0.3) is 5.91 Å². The molecule has 1 aromatic heterocycles. The van der Waals surface area contributed by atoms with E-state index >= 15 is 0 Å². The van der Waals surface area contributed by atoms with E-state index in [2.05, 4.69) is 51.3 Å². The van der Waals surface area contributed by atoms with E-state index in [1.54, 1.807) is 0 Å². The lowest BCUT2D eigenvalue weighted by molar-refractivity contribution is 0.0664. The molecule has 0 saturated carbocycles. The van der Waals surface area contributed by atoms with Crippen molar-refractivity contribution >= 4 is 40.5 Å². The molecule has 2 aliphatic heterocycles. The molecule has 0 radical (unpaired) electrons. The molecule has 2 aromatic carbocycles. The van der Waals surface area contributed by atoms with Gasteiger partial charge in [0.05, 0.1) is 10.7 Å². The molecule has 3 heterocycles. The Balaban J connectivity index is 1.22. The number of hydrogen-bond acceptors (Lipinski definition) is 4. The van der Waals surface area contributed by atoms with E-state index in [9.17, 15) is 4.79 Å². The zero-order chi connectivity index (χ0) is 26.1. The fourth-order valence-corrected chi connectivity index (χ4v) is 5.98. The first-order valence-electron chi connectivity index (χ1n) is 13.0. The fourth-order valence-electron chi connectivity index (χ4n) is 5.54. The quantitative estimate of drug-likeness (QED) is 0.439. The predicted molar refractivity (Wildman–Crippen MR) is 153 cm³/mol. The highest BCUT2D eigenvalue weighted by Gasteiger charge is 2.31. The van der Waals surface area contributed by atoms with Gasteiger partial charge in [0.1, 0.15) is 5.69 Å². The number of hydrogen-bond donors (Lipinski definition) is 0. The van der Waals surface area contributed by atoms with Crippen LogP contribution in [0.15, 0.2) is 54.6 Å². The number of piperazine rings is 2. The standard InChI is InChI=1S/C29H35Cl2N5O/c1-21-19-35(25-8-6-7-24(30)18-25)15-16-36(21)29(37)28-17-23(22(2)32(28)3)20-33-11-13-34(14-12-33)27-10-5-4-9-26(27)31/h4-10,17-18,21H,11-16,19-20H2,1-3H3. The van der Waals surface area contributed by atoms with Crippen LogP contribution >= 0.6 is 23.2 Å². The Morgan fingerprint density at radius 2 is 1.65 bits per heavy atom. The highest BCUT2D eigenvalue weighted by Crippen LogP contribution is 2.28. The maximum Gasteiger partial charge on any atom is 0.270 e. The molecule has 5 rings (SSSR count). The zero-order valence-corrected chi connectivity index (χ0v) is 23.3. The number of anilines is 2. The normalized spacial score (nSPS) is 18.9. The number of benzene rings is 2. The second-order valence-electron chi connectivity index (χ2n) is 10.2. The molecule has 2 saturated heterocycles. The van der Waals surface area contributed by atoms with Gasteiger partial charge in [-0.15, -0.1) is 0 Å². The van der Waals surface area contributed by atoms with Gasteiger partial charge in [0.2, 0.25) is 0 Å². The monoisotopic (exact) mass is 539 g/mol.